The van der Waals surface area contributed by atoms with Gasteiger partial charge in [0.25, 0.3) is 0 Å². The molecule has 2 fully saturated rings. The Morgan fingerprint density at radius 2 is 2.05 bits per heavy atom. The van der Waals surface area contributed by atoms with Crippen LogP contribution in [0.5, 0.6) is 0 Å². The van der Waals surface area contributed by atoms with E-state index < -0.39 is 10.8 Å². The van der Waals surface area contributed by atoms with Crippen LogP contribution in [0.2, 0.25) is 5.02 Å². The average Bonchev–Trinajstić information content (AvgIpc) is 2.90. The third-order valence-corrected chi connectivity index (χ3v) is 6.64. The van der Waals surface area contributed by atoms with Crippen LogP contribution in [0.4, 0.5) is 0 Å². The number of rotatable bonds is 2. The van der Waals surface area contributed by atoms with Crippen molar-refractivity contribution in [1.82, 2.24) is 15.1 Å². The lowest BCUT2D eigenvalue weighted by molar-refractivity contribution is 0.168. The van der Waals surface area contributed by atoms with Gasteiger partial charge in [0.2, 0.25) is 0 Å². The van der Waals surface area contributed by atoms with Gasteiger partial charge in [0.05, 0.1) is 11.7 Å². The van der Waals surface area contributed by atoms with Gasteiger partial charge >= 0.3 is 0 Å². The number of nitrogens with one attached hydrogen (secondary N) is 1. The smallest absolute Gasteiger partial charge is 0.0654 e. The molecule has 2 aliphatic heterocycles. The molecule has 0 saturated carbocycles. The molecule has 2 aromatic rings. The van der Waals surface area contributed by atoms with Crippen LogP contribution in [-0.2, 0) is 10.8 Å². The summed E-state index contributed by atoms with van der Waals surface area (Å²) in [4.78, 5) is 2.50. The molecule has 0 radical (unpaired) electrons. The van der Waals surface area contributed by atoms with Crippen LogP contribution in [0.1, 0.15) is 24.3 Å². The summed E-state index contributed by atoms with van der Waals surface area (Å²) in [6, 6.07) is 4.72. The van der Waals surface area contributed by atoms with Gasteiger partial charge in [-0.15, -0.1) is 0 Å². The Bertz CT molecular complexity index is 685. The topological polar surface area (TPSA) is 49.0 Å². The molecule has 3 heterocycles. The van der Waals surface area contributed by atoms with Gasteiger partial charge in [-0.2, -0.15) is 5.10 Å². The highest BCUT2D eigenvalue weighted by Crippen LogP contribution is 2.36. The largest absolute Gasteiger partial charge is 0.299 e. The van der Waals surface area contributed by atoms with E-state index in [1.165, 1.54) is 5.56 Å². The van der Waals surface area contributed by atoms with E-state index in [0.717, 1.165) is 53.4 Å². The van der Waals surface area contributed by atoms with Gasteiger partial charge in [-0.25, -0.2) is 0 Å². The fourth-order valence-electron chi connectivity index (χ4n) is 3.46. The van der Waals surface area contributed by atoms with Crippen molar-refractivity contribution in [2.24, 2.45) is 0 Å². The highest BCUT2D eigenvalue weighted by Gasteiger charge is 2.33. The second-order valence-electron chi connectivity index (χ2n) is 6.07. The molecule has 0 spiro atoms. The molecule has 21 heavy (non-hydrogen) atoms. The molecule has 1 N–H and O–H groups in total. The second-order valence-corrected chi connectivity index (χ2v) is 8.02. The standard InChI is InChI=1S/C15H18ClN3OS/c16-14-5-11-7-17-18-15(11)6-13(14)10-1-3-19(4-2-10)12-8-21(20)9-12/h5-7,10,12H,1-4,8-9H2,(H,17,18). The van der Waals surface area contributed by atoms with Crippen LogP contribution in [0.15, 0.2) is 18.3 Å². The Morgan fingerprint density at radius 3 is 2.76 bits per heavy atom. The normalized spacial score (nSPS) is 27.9. The summed E-state index contributed by atoms with van der Waals surface area (Å²) in [5, 5.41) is 9.01. The van der Waals surface area contributed by atoms with Crippen LogP contribution < -0.4 is 0 Å². The lowest BCUT2D eigenvalue weighted by Crippen LogP contribution is -2.52. The number of halogens is 1. The molecule has 0 aliphatic carbocycles. The van der Waals surface area contributed by atoms with Crippen molar-refractivity contribution in [3.63, 3.8) is 0 Å². The highest BCUT2D eigenvalue weighted by molar-refractivity contribution is 7.86. The maximum Gasteiger partial charge on any atom is 0.0654 e. The molecular formula is C15H18ClN3OS. The molecule has 112 valence electrons. The fraction of sp³-hybridized carbons (Fsp3) is 0.533. The number of H-pyrrole nitrogens is 1. The number of piperidine rings is 1. The molecule has 4 nitrogen and oxygen atoms in total. The minimum atomic E-state index is -0.557. The zero-order valence-corrected chi connectivity index (χ0v) is 13.3. The van der Waals surface area contributed by atoms with Crippen LogP contribution >= 0.6 is 11.6 Å². The first-order valence-electron chi connectivity index (χ1n) is 7.42. The van der Waals surface area contributed by atoms with Crippen molar-refractivity contribution in [2.75, 3.05) is 24.6 Å². The van der Waals surface area contributed by atoms with E-state index in [9.17, 15) is 4.21 Å². The summed E-state index contributed by atoms with van der Waals surface area (Å²) >= 11 is 6.45. The van der Waals surface area contributed by atoms with Crippen LogP contribution in [0.25, 0.3) is 10.9 Å². The van der Waals surface area contributed by atoms with E-state index >= 15 is 0 Å². The number of nitrogens with zero attached hydrogens (tertiary/aromatic N) is 2. The monoisotopic (exact) mass is 323 g/mol. The Kier molecular flexibility index (Phi) is 3.52. The third-order valence-electron chi connectivity index (χ3n) is 4.80. The molecule has 0 amide bonds. The van der Waals surface area contributed by atoms with E-state index in [4.69, 9.17) is 11.6 Å². The molecule has 2 saturated heterocycles. The fourth-order valence-corrected chi connectivity index (χ4v) is 4.97. The van der Waals surface area contributed by atoms with Crippen molar-refractivity contribution in [3.8, 4) is 0 Å². The minimum absolute atomic E-state index is 0.520. The summed E-state index contributed by atoms with van der Waals surface area (Å²) in [5.74, 6) is 2.25. The Hall–Kier alpha value is -0.910. The summed E-state index contributed by atoms with van der Waals surface area (Å²) < 4.78 is 11.2. The summed E-state index contributed by atoms with van der Waals surface area (Å²) in [5.41, 5.74) is 2.30. The highest BCUT2D eigenvalue weighted by atomic mass is 35.5. The molecule has 0 atom stereocenters. The van der Waals surface area contributed by atoms with Gasteiger partial charge in [-0.1, -0.05) is 11.6 Å². The van der Waals surface area contributed by atoms with Gasteiger partial charge in [0.15, 0.2) is 0 Å². The van der Waals surface area contributed by atoms with Crippen LogP contribution in [0, 0.1) is 0 Å². The van der Waals surface area contributed by atoms with Gasteiger partial charge in [0, 0.05) is 38.8 Å². The number of likely N-dealkylation sites (tertiary alicyclic amines) is 1. The number of benzene rings is 1. The van der Waals surface area contributed by atoms with Crippen molar-refractivity contribution >= 4 is 33.3 Å². The van der Waals surface area contributed by atoms with Crippen LogP contribution in [0.3, 0.4) is 0 Å². The molecule has 1 aromatic heterocycles. The van der Waals surface area contributed by atoms with E-state index in [0.29, 0.717) is 12.0 Å². The van der Waals surface area contributed by atoms with E-state index in [-0.39, 0.29) is 0 Å². The minimum Gasteiger partial charge on any atom is -0.299 e. The average molecular weight is 324 g/mol. The Balaban J connectivity index is 1.49. The van der Waals surface area contributed by atoms with Crippen molar-refractivity contribution < 1.29 is 4.21 Å². The molecule has 0 unspecified atom stereocenters. The zero-order valence-electron chi connectivity index (χ0n) is 11.7. The predicted molar refractivity (Wildman–Crippen MR) is 86.3 cm³/mol. The summed E-state index contributed by atoms with van der Waals surface area (Å²) in [7, 11) is -0.557. The van der Waals surface area contributed by atoms with E-state index in [1.54, 1.807) is 0 Å². The lowest BCUT2D eigenvalue weighted by atomic mass is 9.88. The van der Waals surface area contributed by atoms with E-state index in [2.05, 4.69) is 21.2 Å². The molecule has 6 heteroatoms. The molecule has 0 bridgehead atoms. The van der Waals surface area contributed by atoms with Crippen LogP contribution in [-0.4, -0.2) is 49.9 Å². The maximum absolute atomic E-state index is 11.2. The van der Waals surface area contributed by atoms with Gasteiger partial charge in [-0.3, -0.25) is 14.2 Å². The SMILES string of the molecule is O=S1CC(N2CCC(c3cc4[nH]ncc4cc3Cl)CC2)C1. The third kappa shape index (κ3) is 2.51. The first-order chi connectivity index (χ1) is 10.2. The van der Waals surface area contributed by atoms with E-state index in [1.807, 2.05) is 12.3 Å². The van der Waals surface area contributed by atoms with Gasteiger partial charge < -0.3 is 0 Å². The summed E-state index contributed by atoms with van der Waals surface area (Å²) in [6.45, 7) is 2.17. The van der Waals surface area contributed by atoms with Crippen molar-refractivity contribution in [3.05, 3.63) is 28.9 Å². The number of fused-ring (bicyclic) bond motifs is 1. The second kappa shape index (κ2) is 5.38. The quantitative estimate of drug-likeness (QED) is 0.924. The lowest BCUT2D eigenvalue weighted by Gasteiger charge is -2.41. The molecular weight excluding hydrogens is 306 g/mol. The molecule has 2 aliphatic rings. The first kappa shape index (κ1) is 13.7. The Labute approximate surface area is 131 Å². The number of aromatic amines is 1. The van der Waals surface area contributed by atoms with Crippen molar-refractivity contribution in [2.45, 2.75) is 24.8 Å². The zero-order chi connectivity index (χ0) is 14.4. The Morgan fingerprint density at radius 1 is 1.29 bits per heavy atom. The maximum atomic E-state index is 11.2. The number of hydrogen-bond acceptors (Lipinski definition) is 3. The molecule has 4 rings (SSSR count). The van der Waals surface area contributed by atoms with Gasteiger partial charge in [0.1, 0.15) is 0 Å². The molecule has 1 aromatic carbocycles. The first-order valence-corrected chi connectivity index (χ1v) is 9.29. The predicted octanol–water partition coefficient (Wildman–Crippen LogP) is 2.53. The summed E-state index contributed by atoms with van der Waals surface area (Å²) in [6.07, 6.45) is 4.06. The van der Waals surface area contributed by atoms with Crippen molar-refractivity contribution in [1.29, 1.82) is 0 Å². The number of hydrogen-bond donors (Lipinski definition) is 1. The number of aromatic nitrogens is 2. The van der Waals surface area contributed by atoms with Gasteiger partial charge in [-0.05, 0) is 49.5 Å².